The number of carbonyl (C=O) groups excluding carboxylic acids is 2. The van der Waals surface area contributed by atoms with Gasteiger partial charge in [0.1, 0.15) is 6.26 Å². The number of hydrogen-bond donors (Lipinski definition) is 0. The summed E-state index contributed by atoms with van der Waals surface area (Å²) in [6.07, 6.45) is 0.870. The summed E-state index contributed by atoms with van der Waals surface area (Å²) in [5.41, 5.74) is 0.372. The molecule has 1 rings (SSSR count). The molecule has 17 heavy (non-hydrogen) atoms. The van der Waals surface area contributed by atoms with Gasteiger partial charge in [-0.15, -0.1) is 0 Å². The lowest BCUT2D eigenvalue weighted by atomic mass is 10.2. The number of esters is 2. The lowest BCUT2D eigenvalue weighted by Crippen LogP contribution is -2.06. The van der Waals surface area contributed by atoms with Gasteiger partial charge in [-0.2, -0.15) is 0 Å². The largest absolute Gasteiger partial charge is 0.462 e. The van der Waals surface area contributed by atoms with Crippen LogP contribution in [0.1, 0.15) is 17.3 Å². The number of halogens is 1. The third kappa shape index (κ3) is 4.28. The van der Waals surface area contributed by atoms with E-state index < -0.39 is 11.9 Å². The maximum atomic E-state index is 11.5. The van der Waals surface area contributed by atoms with Gasteiger partial charge in [0.15, 0.2) is 5.03 Å². The first-order chi connectivity index (χ1) is 8.15. The van der Waals surface area contributed by atoms with Crippen LogP contribution in [0.15, 0.2) is 41.6 Å². The molecule has 1 aromatic carbocycles. The van der Waals surface area contributed by atoms with Gasteiger partial charge in [-0.1, -0.05) is 29.8 Å². The highest BCUT2D eigenvalue weighted by Gasteiger charge is 2.10. The Kier molecular flexibility index (Phi) is 5.23. The number of hydrogen-bond acceptors (Lipinski definition) is 4. The lowest BCUT2D eigenvalue weighted by Gasteiger charge is -2.01. The van der Waals surface area contributed by atoms with Crippen LogP contribution in [0.4, 0.5) is 0 Å². The van der Waals surface area contributed by atoms with Gasteiger partial charge >= 0.3 is 11.9 Å². The predicted molar refractivity (Wildman–Crippen MR) is 62.4 cm³/mol. The second-order valence-electron chi connectivity index (χ2n) is 2.96. The molecule has 90 valence electrons. The van der Waals surface area contributed by atoms with Crippen molar-refractivity contribution >= 4 is 23.5 Å². The summed E-state index contributed by atoms with van der Waals surface area (Å²) in [5.74, 6) is -1.32. The van der Waals surface area contributed by atoms with Crippen LogP contribution < -0.4 is 0 Å². The normalized spacial score (nSPS) is 10.8. The van der Waals surface area contributed by atoms with Gasteiger partial charge in [0, 0.05) is 0 Å². The van der Waals surface area contributed by atoms with E-state index in [9.17, 15) is 9.59 Å². The van der Waals surface area contributed by atoms with Crippen molar-refractivity contribution < 1.29 is 19.1 Å². The van der Waals surface area contributed by atoms with E-state index in [4.69, 9.17) is 16.3 Å². The lowest BCUT2D eigenvalue weighted by molar-refractivity contribution is -0.137. The molecule has 0 aliphatic rings. The zero-order chi connectivity index (χ0) is 12.7. The van der Waals surface area contributed by atoms with Gasteiger partial charge in [0.25, 0.3) is 0 Å². The van der Waals surface area contributed by atoms with E-state index in [0.717, 1.165) is 6.26 Å². The smallest absolute Gasteiger partial charge is 0.352 e. The van der Waals surface area contributed by atoms with E-state index in [0.29, 0.717) is 5.56 Å². The number of benzene rings is 1. The van der Waals surface area contributed by atoms with Crippen LogP contribution in [0, 0.1) is 0 Å². The van der Waals surface area contributed by atoms with Gasteiger partial charge in [-0.05, 0) is 19.1 Å². The molecule has 0 heterocycles. The number of carbonyl (C=O) groups is 2. The molecule has 0 aliphatic heterocycles. The van der Waals surface area contributed by atoms with Crippen molar-refractivity contribution in [3.8, 4) is 0 Å². The summed E-state index contributed by atoms with van der Waals surface area (Å²) in [5, 5.41) is -0.281. The first-order valence-corrected chi connectivity index (χ1v) is 5.31. The van der Waals surface area contributed by atoms with Crippen molar-refractivity contribution in [3.63, 3.8) is 0 Å². The minimum absolute atomic E-state index is 0.204. The zero-order valence-electron chi connectivity index (χ0n) is 9.18. The number of rotatable bonds is 4. The fourth-order valence-corrected chi connectivity index (χ4v) is 1.09. The Hall–Kier alpha value is -1.81. The second kappa shape index (κ2) is 6.70. The Morgan fingerprint density at radius 2 is 1.94 bits per heavy atom. The molecule has 0 spiro atoms. The molecule has 0 unspecified atom stereocenters. The highest BCUT2D eigenvalue weighted by Crippen LogP contribution is 2.07. The quantitative estimate of drug-likeness (QED) is 0.471. The SMILES string of the molecule is CCOC(=O)C(Cl)=COC(=O)c1ccccc1. The standard InChI is InChI=1S/C12H11ClO4/c1-2-16-12(15)10(13)8-17-11(14)9-6-4-3-5-7-9/h3-8H,2H2,1H3. The fourth-order valence-electron chi connectivity index (χ4n) is 0.996. The van der Waals surface area contributed by atoms with Crippen molar-refractivity contribution in [2.75, 3.05) is 6.61 Å². The van der Waals surface area contributed by atoms with Crippen molar-refractivity contribution in [1.29, 1.82) is 0 Å². The van der Waals surface area contributed by atoms with Crippen LogP contribution in [-0.4, -0.2) is 18.5 Å². The predicted octanol–water partition coefficient (Wildman–Crippen LogP) is 2.49. The molecule has 1 aromatic rings. The van der Waals surface area contributed by atoms with Crippen LogP contribution in [-0.2, 0) is 14.3 Å². The molecule has 4 nitrogen and oxygen atoms in total. The molecule has 0 bridgehead atoms. The average Bonchev–Trinajstić information content (AvgIpc) is 2.36. The fraction of sp³-hybridized carbons (Fsp3) is 0.167. The maximum Gasteiger partial charge on any atom is 0.352 e. The topological polar surface area (TPSA) is 52.6 Å². The van der Waals surface area contributed by atoms with Crippen LogP contribution in [0.2, 0.25) is 0 Å². The monoisotopic (exact) mass is 254 g/mol. The highest BCUT2D eigenvalue weighted by atomic mass is 35.5. The molecule has 0 N–H and O–H groups in total. The van der Waals surface area contributed by atoms with Crippen molar-refractivity contribution in [2.24, 2.45) is 0 Å². The van der Waals surface area contributed by atoms with Gasteiger partial charge in [-0.25, -0.2) is 9.59 Å². The van der Waals surface area contributed by atoms with Gasteiger partial charge in [0.2, 0.25) is 0 Å². The molecule has 0 atom stereocenters. The summed E-state index contributed by atoms with van der Waals surface area (Å²) in [6, 6.07) is 8.36. The first-order valence-electron chi connectivity index (χ1n) is 4.94. The highest BCUT2D eigenvalue weighted by molar-refractivity contribution is 6.41. The van der Waals surface area contributed by atoms with Gasteiger partial charge in [0.05, 0.1) is 12.2 Å². The molecule has 0 saturated heterocycles. The van der Waals surface area contributed by atoms with Crippen molar-refractivity contribution in [1.82, 2.24) is 0 Å². The summed E-state index contributed by atoms with van der Waals surface area (Å²) in [7, 11) is 0. The second-order valence-corrected chi connectivity index (χ2v) is 3.36. The van der Waals surface area contributed by atoms with Crippen LogP contribution in [0.3, 0.4) is 0 Å². The Morgan fingerprint density at radius 3 is 2.53 bits per heavy atom. The van der Waals surface area contributed by atoms with Gasteiger partial charge in [-0.3, -0.25) is 0 Å². The van der Waals surface area contributed by atoms with E-state index in [2.05, 4.69) is 4.74 Å². The minimum Gasteiger partial charge on any atom is -0.462 e. The van der Waals surface area contributed by atoms with Crippen LogP contribution >= 0.6 is 11.6 Å². The van der Waals surface area contributed by atoms with Crippen LogP contribution in [0.5, 0.6) is 0 Å². The first kappa shape index (κ1) is 13.3. The molecule has 0 saturated carbocycles. The Balaban J connectivity index is 2.59. The van der Waals surface area contributed by atoms with E-state index in [-0.39, 0.29) is 11.6 Å². The Bertz CT molecular complexity index is 425. The molecule has 0 aliphatic carbocycles. The van der Waals surface area contributed by atoms with E-state index in [1.807, 2.05) is 0 Å². The van der Waals surface area contributed by atoms with Crippen molar-refractivity contribution in [3.05, 3.63) is 47.2 Å². The Labute approximate surface area is 104 Å². The molecule has 0 aromatic heterocycles. The van der Waals surface area contributed by atoms with E-state index in [1.54, 1.807) is 37.3 Å². The average molecular weight is 255 g/mol. The molecule has 0 fully saturated rings. The molecule has 5 heteroatoms. The maximum absolute atomic E-state index is 11.5. The van der Waals surface area contributed by atoms with Crippen LogP contribution in [0.25, 0.3) is 0 Å². The summed E-state index contributed by atoms with van der Waals surface area (Å²) < 4.78 is 9.33. The molecular weight excluding hydrogens is 244 g/mol. The third-order valence-corrected chi connectivity index (χ3v) is 1.99. The Morgan fingerprint density at radius 1 is 1.29 bits per heavy atom. The van der Waals surface area contributed by atoms with Gasteiger partial charge < -0.3 is 9.47 Å². The molecular formula is C12H11ClO4. The minimum atomic E-state index is -0.727. The summed E-state index contributed by atoms with van der Waals surface area (Å²) in [6.45, 7) is 1.85. The number of ether oxygens (including phenoxy) is 2. The summed E-state index contributed by atoms with van der Waals surface area (Å²) >= 11 is 5.55. The zero-order valence-corrected chi connectivity index (χ0v) is 9.94. The van der Waals surface area contributed by atoms with E-state index >= 15 is 0 Å². The molecule has 0 amide bonds. The van der Waals surface area contributed by atoms with E-state index in [1.165, 1.54) is 0 Å². The third-order valence-electron chi connectivity index (χ3n) is 1.75. The summed E-state index contributed by atoms with van der Waals surface area (Å²) in [4.78, 5) is 22.5. The molecule has 0 radical (unpaired) electrons. The van der Waals surface area contributed by atoms with Crippen molar-refractivity contribution in [2.45, 2.75) is 6.92 Å².